The Kier molecular flexibility index (Phi) is 6.49. The van der Waals surface area contributed by atoms with E-state index in [2.05, 4.69) is 39.3 Å². The van der Waals surface area contributed by atoms with E-state index in [0.717, 1.165) is 41.1 Å². The van der Waals surface area contributed by atoms with Crippen molar-refractivity contribution in [2.75, 3.05) is 43.4 Å². The summed E-state index contributed by atoms with van der Waals surface area (Å²) in [5.74, 6) is 0.715. The second-order valence-electron chi connectivity index (χ2n) is 8.80. The van der Waals surface area contributed by atoms with Gasteiger partial charge in [0.15, 0.2) is 0 Å². The van der Waals surface area contributed by atoms with Crippen LogP contribution < -0.4 is 10.2 Å². The SMILES string of the molecule is CN(CCN1CCCC1)c1cnc2cc(NC(=O)c3ccc(-c4ccccc4)cc3)ccc2n1. The normalized spacial score (nSPS) is 13.8. The Morgan fingerprint density at radius 1 is 0.941 bits per heavy atom. The first kappa shape index (κ1) is 22.0. The smallest absolute Gasteiger partial charge is 0.255 e. The number of aromatic nitrogens is 2. The maximum absolute atomic E-state index is 12.8. The zero-order chi connectivity index (χ0) is 23.3. The molecule has 172 valence electrons. The van der Waals surface area contributed by atoms with E-state index in [4.69, 9.17) is 4.98 Å². The van der Waals surface area contributed by atoms with Crippen LogP contribution in [0.15, 0.2) is 79.0 Å². The molecule has 0 aliphatic carbocycles. The number of amides is 1. The Balaban J connectivity index is 1.24. The lowest BCUT2D eigenvalue weighted by atomic mass is 10.0. The van der Waals surface area contributed by atoms with Crippen molar-refractivity contribution in [3.63, 3.8) is 0 Å². The molecule has 0 atom stereocenters. The second kappa shape index (κ2) is 10.0. The molecule has 1 aliphatic rings. The minimum absolute atomic E-state index is 0.148. The Morgan fingerprint density at radius 3 is 2.44 bits per heavy atom. The molecule has 0 bridgehead atoms. The second-order valence-corrected chi connectivity index (χ2v) is 8.80. The Labute approximate surface area is 200 Å². The topological polar surface area (TPSA) is 61.4 Å². The minimum Gasteiger partial charge on any atom is -0.357 e. The van der Waals surface area contributed by atoms with Gasteiger partial charge in [0.25, 0.3) is 5.91 Å². The van der Waals surface area contributed by atoms with Crippen LogP contribution in [0, 0.1) is 0 Å². The van der Waals surface area contributed by atoms with Crippen LogP contribution in [0.2, 0.25) is 0 Å². The zero-order valence-electron chi connectivity index (χ0n) is 19.4. The van der Waals surface area contributed by atoms with Crippen LogP contribution in [0.1, 0.15) is 23.2 Å². The number of hydrogen-bond donors (Lipinski definition) is 1. The predicted molar refractivity (Wildman–Crippen MR) is 138 cm³/mol. The van der Waals surface area contributed by atoms with Crippen molar-refractivity contribution >= 4 is 28.4 Å². The van der Waals surface area contributed by atoms with E-state index in [9.17, 15) is 4.79 Å². The van der Waals surface area contributed by atoms with Crippen molar-refractivity contribution in [3.05, 3.63) is 84.6 Å². The fourth-order valence-electron chi connectivity index (χ4n) is 4.32. The number of nitrogens with zero attached hydrogens (tertiary/aromatic N) is 4. The van der Waals surface area contributed by atoms with Crippen molar-refractivity contribution in [1.82, 2.24) is 14.9 Å². The predicted octanol–water partition coefficient (Wildman–Crippen LogP) is 5.08. The van der Waals surface area contributed by atoms with E-state index in [0.29, 0.717) is 11.3 Å². The van der Waals surface area contributed by atoms with Gasteiger partial charge in [0, 0.05) is 31.4 Å². The average Bonchev–Trinajstić information content (AvgIpc) is 3.41. The number of hydrogen-bond acceptors (Lipinski definition) is 5. The van der Waals surface area contributed by atoms with E-state index in [1.807, 2.05) is 60.7 Å². The van der Waals surface area contributed by atoms with Gasteiger partial charge in [-0.15, -0.1) is 0 Å². The van der Waals surface area contributed by atoms with E-state index in [1.54, 1.807) is 6.20 Å². The third-order valence-corrected chi connectivity index (χ3v) is 6.38. The highest BCUT2D eigenvalue weighted by Gasteiger charge is 2.13. The lowest BCUT2D eigenvalue weighted by Crippen LogP contribution is -2.31. The number of carbonyl (C=O) groups excluding carboxylic acids is 1. The van der Waals surface area contributed by atoms with Gasteiger partial charge in [-0.2, -0.15) is 0 Å². The monoisotopic (exact) mass is 451 g/mol. The molecular weight excluding hydrogens is 422 g/mol. The molecule has 1 aromatic heterocycles. The Hall–Kier alpha value is -3.77. The van der Waals surface area contributed by atoms with E-state index < -0.39 is 0 Å². The lowest BCUT2D eigenvalue weighted by molar-refractivity contribution is 0.102. The van der Waals surface area contributed by atoms with Crippen LogP contribution in [0.25, 0.3) is 22.2 Å². The molecule has 2 heterocycles. The Bertz CT molecular complexity index is 1270. The fourth-order valence-corrected chi connectivity index (χ4v) is 4.32. The van der Waals surface area contributed by atoms with E-state index >= 15 is 0 Å². The Morgan fingerprint density at radius 2 is 1.68 bits per heavy atom. The fraction of sp³-hybridized carbons (Fsp3) is 0.250. The first-order valence-corrected chi connectivity index (χ1v) is 11.8. The molecule has 6 nitrogen and oxygen atoms in total. The van der Waals surface area contributed by atoms with Gasteiger partial charge in [0.1, 0.15) is 5.82 Å². The molecule has 1 saturated heterocycles. The number of nitrogens with one attached hydrogen (secondary N) is 1. The maximum Gasteiger partial charge on any atom is 0.255 e. The van der Waals surface area contributed by atoms with Crippen molar-refractivity contribution in [3.8, 4) is 11.1 Å². The molecule has 6 heteroatoms. The maximum atomic E-state index is 12.8. The summed E-state index contributed by atoms with van der Waals surface area (Å²) in [6, 6.07) is 23.4. The molecule has 34 heavy (non-hydrogen) atoms. The van der Waals surface area contributed by atoms with Gasteiger partial charge in [0.2, 0.25) is 0 Å². The van der Waals surface area contributed by atoms with Crippen LogP contribution in [0.4, 0.5) is 11.5 Å². The molecule has 0 radical (unpaired) electrons. The van der Waals surface area contributed by atoms with Gasteiger partial charge in [-0.05, 0) is 67.4 Å². The summed E-state index contributed by atoms with van der Waals surface area (Å²) in [7, 11) is 2.06. The summed E-state index contributed by atoms with van der Waals surface area (Å²) in [6.45, 7) is 4.37. The summed E-state index contributed by atoms with van der Waals surface area (Å²) in [5.41, 5.74) is 5.10. The van der Waals surface area contributed by atoms with Crippen molar-refractivity contribution < 1.29 is 4.79 Å². The van der Waals surface area contributed by atoms with E-state index in [1.165, 1.54) is 25.9 Å². The molecule has 0 unspecified atom stereocenters. The molecule has 1 aliphatic heterocycles. The molecule has 0 spiro atoms. The number of likely N-dealkylation sites (tertiary alicyclic amines) is 1. The molecule has 3 aromatic carbocycles. The third-order valence-electron chi connectivity index (χ3n) is 6.38. The van der Waals surface area contributed by atoms with Crippen LogP contribution in [-0.2, 0) is 0 Å². The summed E-state index contributed by atoms with van der Waals surface area (Å²) < 4.78 is 0. The summed E-state index contributed by atoms with van der Waals surface area (Å²) >= 11 is 0. The van der Waals surface area contributed by atoms with Crippen molar-refractivity contribution in [2.45, 2.75) is 12.8 Å². The van der Waals surface area contributed by atoms with E-state index in [-0.39, 0.29) is 5.91 Å². The molecule has 5 rings (SSSR count). The van der Waals surface area contributed by atoms with Gasteiger partial charge in [-0.1, -0.05) is 42.5 Å². The number of carbonyl (C=O) groups is 1. The first-order valence-electron chi connectivity index (χ1n) is 11.8. The van der Waals surface area contributed by atoms with Gasteiger partial charge in [-0.3, -0.25) is 9.78 Å². The third kappa shape index (κ3) is 5.07. The standard InChI is InChI=1S/C28H29N5O/c1-32(17-18-33-15-5-6-16-33)27-20-29-26-19-24(13-14-25(26)31-27)30-28(34)23-11-9-22(10-12-23)21-7-3-2-4-8-21/h2-4,7-14,19-20H,5-6,15-18H2,1H3,(H,30,34). The molecule has 4 aromatic rings. The van der Waals surface area contributed by atoms with Crippen LogP contribution >= 0.6 is 0 Å². The minimum atomic E-state index is -0.148. The zero-order valence-corrected chi connectivity index (χ0v) is 19.4. The number of likely N-dealkylation sites (N-methyl/N-ethyl adjacent to an activating group) is 1. The number of fused-ring (bicyclic) bond motifs is 1. The van der Waals surface area contributed by atoms with Crippen LogP contribution in [0.3, 0.4) is 0 Å². The summed E-state index contributed by atoms with van der Waals surface area (Å²) in [5, 5.41) is 2.98. The molecule has 1 N–H and O–H groups in total. The molecule has 0 saturated carbocycles. The van der Waals surface area contributed by atoms with Crippen molar-refractivity contribution in [2.24, 2.45) is 0 Å². The summed E-state index contributed by atoms with van der Waals surface area (Å²) in [4.78, 5) is 26.8. The van der Waals surface area contributed by atoms with Gasteiger partial charge in [0.05, 0.1) is 17.2 Å². The molecular formula is C28H29N5O. The van der Waals surface area contributed by atoms with Crippen molar-refractivity contribution in [1.29, 1.82) is 0 Å². The van der Waals surface area contributed by atoms with Crippen LogP contribution in [-0.4, -0.2) is 54.0 Å². The quantitative estimate of drug-likeness (QED) is 0.425. The van der Waals surface area contributed by atoms with Gasteiger partial charge < -0.3 is 15.1 Å². The first-order chi connectivity index (χ1) is 16.7. The highest BCUT2D eigenvalue weighted by atomic mass is 16.1. The largest absolute Gasteiger partial charge is 0.357 e. The number of rotatable bonds is 7. The lowest BCUT2D eigenvalue weighted by Gasteiger charge is -2.22. The molecule has 1 fully saturated rings. The number of anilines is 2. The summed E-state index contributed by atoms with van der Waals surface area (Å²) in [6.07, 6.45) is 4.41. The van der Waals surface area contributed by atoms with Crippen LogP contribution in [0.5, 0.6) is 0 Å². The highest BCUT2D eigenvalue weighted by Crippen LogP contribution is 2.22. The number of benzene rings is 3. The molecule has 1 amide bonds. The van der Waals surface area contributed by atoms with Gasteiger partial charge >= 0.3 is 0 Å². The average molecular weight is 452 g/mol. The highest BCUT2D eigenvalue weighted by molar-refractivity contribution is 6.05. The van der Waals surface area contributed by atoms with Gasteiger partial charge in [-0.25, -0.2) is 4.98 Å².